The van der Waals surface area contributed by atoms with Crippen LogP contribution in [-0.2, 0) is 19.6 Å². The van der Waals surface area contributed by atoms with Crippen molar-refractivity contribution in [1.29, 1.82) is 0 Å². The Balaban J connectivity index is 1.77. The molecule has 2 aliphatic rings. The first-order chi connectivity index (χ1) is 11.1. The zero-order valence-corrected chi connectivity index (χ0v) is 13.4. The third-order valence-electron chi connectivity index (χ3n) is 5.62. The molecule has 0 unspecified atom stereocenters. The molecule has 1 amide bonds. The number of carbonyl (C=O) groups is 1. The maximum absolute atomic E-state index is 13.1. The van der Waals surface area contributed by atoms with Gasteiger partial charge in [0.25, 0.3) is 5.91 Å². The first-order valence-corrected chi connectivity index (χ1v) is 8.00. The predicted molar refractivity (Wildman–Crippen MR) is 84.9 cm³/mol. The molecule has 2 atom stereocenters. The minimum atomic E-state index is -0.239. The highest BCUT2D eigenvalue weighted by molar-refractivity contribution is 5.93. The Morgan fingerprint density at radius 2 is 2.17 bits per heavy atom. The highest BCUT2D eigenvalue weighted by Crippen LogP contribution is 2.57. The lowest BCUT2D eigenvalue weighted by Gasteiger charge is -2.50. The van der Waals surface area contributed by atoms with E-state index in [0.717, 1.165) is 31.4 Å². The number of hydrogen-bond acceptors (Lipinski definition) is 3. The van der Waals surface area contributed by atoms with Crippen LogP contribution in [0.2, 0.25) is 0 Å². The van der Waals surface area contributed by atoms with Gasteiger partial charge in [-0.3, -0.25) is 14.3 Å². The quantitative estimate of drug-likeness (QED) is 0.839. The van der Waals surface area contributed by atoms with Crippen molar-refractivity contribution in [2.75, 3.05) is 6.54 Å². The third-order valence-corrected chi connectivity index (χ3v) is 5.62. The second-order valence-electron chi connectivity index (χ2n) is 6.61. The van der Waals surface area contributed by atoms with Gasteiger partial charge in [0.05, 0.1) is 5.54 Å². The number of aryl methyl sites for hydroxylation is 1. The lowest BCUT2D eigenvalue weighted by molar-refractivity contribution is 0.0135. The Labute approximate surface area is 134 Å². The summed E-state index contributed by atoms with van der Waals surface area (Å²) in [7, 11) is 3.33. The highest BCUT2D eigenvalue weighted by Gasteiger charge is 2.58. The second-order valence-corrected chi connectivity index (χ2v) is 6.61. The SMILES string of the molecule is Cn1cc(C(=O)N2CC[C@@H]3CC[C@@]32c2cccnc2)n(C)c1=O. The molecule has 120 valence electrons. The number of likely N-dealkylation sites (tertiary alicyclic amines) is 1. The van der Waals surface area contributed by atoms with E-state index in [-0.39, 0.29) is 17.1 Å². The third kappa shape index (κ3) is 1.77. The van der Waals surface area contributed by atoms with Gasteiger partial charge in [0, 0.05) is 39.2 Å². The molecule has 1 saturated heterocycles. The highest BCUT2D eigenvalue weighted by atomic mass is 16.2. The molecule has 3 heterocycles. The number of imidazole rings is 1. The van der Waals surface area contributed by atoms with Crippen LogP contribution in [0.1, 0.15) is 35.3 Å². The Hall–Kier alpha value is -2.37. The van der Waals surface area contributed by atoms with Gasteiger partial charge in [0.15, 0.2) is 0 Å². The van der Waals surface area contributed by atoms with Gasteiger partial charge in [0.2, 0.25) is 0 Å². The fourth-order valence-corrected chi connectivity index (χ4v) is 4.28. The van der Waals surface area contributed by atoms with Crippen LogP contribution >= 0.6 is 0 Å². The molecular formula is C17H20N4O2. The van der Waals surface area contributed by atoms with Gasteiger partial charge >= 0.3 is 5.69 Å². The van der Waals surface area contributed by atoms with Crippen molar-refractivity contribution in [2.45, 2.75) is 24.8 Å². The van der Waals surface area contributed by atoms with E-state index in [1.54, 1.807) is 26.5 Å². The second kappa shape index (κ2) is 4.81. The van der Waals surface area contributed by atoms with E-state index in [1.807, 2.05) is 17.2 Å². The first kappa shape index (κ1) is 14.2. The van der Waals surface area contributed by atoms with Gasteiger partial charge in [0.1, 0.15) is 5.69 Å². The molecule has 0 N–H and O–H groups in total. The summed E-state index contributed by atoms with van der Waals surface area (Å²) in [6.07, 6.45) is 8.40. The minimum absolute atomic E-state index is 0.0590. The van der Waals surface area contributed by atoms with Crippen LogP contribution in [0.25, 0.3) is 0 Å². The smallest absolute Gasteiger partial charge is 0.327 e. The lowest BCUT2D eigenvalue weighted by Crippen LogP contribution is -2.54. The van der Waals surface area contributed by atoms with Crippen molar-refractivity contribution in [3.05, 3.63) is 52.5 Å². The number of amides is 1. The average Bonchev–Trinajstić information content (AvgIpc) is 2.96. The van der Waals surface area contributed by atoms with Crippen LogP contribution < -0.4 is 5.69 Å². The van der Waals surface area contributed by atoms with E-state index in [0.29, 0.717) is 11.6 Å². The predicted octanol–water partition coefficient (Wildman–Crippen LogP) is 1.27. The van der Waals surface area contributed by atoms with Crippen LogP contribution in [-0.4, -0.2) is 31.5 Å². The van der Waals surface area contributed by atoms with Crippen molar-refractivity contribution in [3.8, 4) is 0 Å². The van der Waals surface area contributed by atoms with Crippen molar-refractivity contribution in [2.24, 2.45) is 20.0 Å². The van der Waals surface area contributed by atoms with Gasteiger partial charge in [-0.25, -0.2) is 4.79 Å². The molecule has 6 heteroatoms. The summed E-state index contributed by atoms with van der Waals surface area (Å²) in [5.74, 6) is 0.438. The van der Waals surface area contributed by atoms with E-state index in [9.17, 15) is 9.59 Å². The van der Waals surface area contributed by atoms with Gasteiger partial charge in [-0.2, -0.15) is 0 Å². The molecule has 0 aromatic carbocycles. The fourth-order valence-electron chi connectivity index (χ4n) is 4.28. The standard InChI is InChI=1S/C17H20N4O2/c1-19-11-14(20(2)16(19)23)15(22)21-9-6-12-5-7-17(12,21)13-4-3-8-18-10-13/h3-4,8,10-12H,5-7,9H2,1-2H3/t12-,17-/m0/s1. The Morgan fingerprint density at radius 3 is 2.74 bits per heavy atom. The molecular weight excluding hydrogens is 292 g/mol. The summed E-state index contributed by atoms with van der Waals surface area (Å²) in [5, 5.41) is 0. The largest absolute Gasteiger partial charge is 0.328 e. The molecule has 0 radical (unpaired) electrons. The maximum atomic E-state index is 13.1. The summed E-state index contributed by atoms with van der Waals surface area (Å²) >= 11 is 0. The van der Waals surface area contributed by atoms with Crippen molar-refractivity contribution in [1.82, 2.24) is 19.0 Å². The number of rotatable bonds is 2. The number of pyridine rings is 1. The number of nitrogens with zero attached hydrogens (tertiary/aromatic N) is 4. The van der Waals surface area contributed by atoms with E-state index in [1.165, 1.54) is 9.13 Å². The van der Waals surface area contributed by atoms with Crippen LogP contribution in [0.4, 0.5) is 0 Å². The summed E-state index contributed by atoms with van der Waals surface area (Å²) in [5.41, 5.74) is 1.15. The molecule has 2 aromatic heterocycles. The Morgan fingerprint density at radius 1 is 1.35 bits per heavy atom. The molecule has 6 nitrogen and oxygen atoms in total. The summed E-state index contributed by atoms with van der Waals surface area (Å²) < 4.78 is 2.89. The fraction of sp³-hybridized carbons (Fsp3) is 0.471. The van der Waals surface area contributed by atoms with Crippen LogP contribution in [0.5, 0.6) is 0 Å². The lowest BCUT2D eigenvalue weighted by atomic mass is 9.64. The average molecular weight is 312 g/mol. The molecule has 4 rings (SSSR count). The normalized spacial score (nSPS) is 26.0. The first-order valence-electron chi connectivity index (χ1n) is 8.00. The van der Waals surface area contributed by atoms with Crippen LogP contribution in [0, 0.1) is 5.92 Å². The Bertz CT molecular complexity index is 823. The van der Waals surface area contributed by atoms with Gasteiger partial charge in [-0.1, -0.05) is 6.07 Å². The molecule has 0 bridgehead atoms. The molecule has 1 saturated carbocycles. The van der Waals surface area contributed by atoms with Crippen LogP contribution in [0.15, 0.2) is 35.5 Å². The molecule has 0 spiro atoms. The van der Waals surface area contributed by atoms with Crippen molar-refractivity contribution < 1.29 is 4.79 Å². The van der Waals surface area contributed by atoms with Gasteiger partial charge < -0.3 is 9.47 Å². The van der Waals surface area contributed by atoms with E-state index in [2.05, 4.69) is 11.1 Å². The zero-order chi connectivity index (χ0) is 16.2. The van der Waals surface area contributed by atoms with E-state index < -0.39 is 0 Å². The summed E-state index contributed by atoms with van der Waals surface area (Å²) in [6.45, 7) is 0.738. The van der Waals surface area contributed by atoms with Crippen LogP contribution in [0.3, 0.4) is 0 Å². The molecule has 1 aliphatic carbocycles. The number of aromatic nitrogens is 3. The molecule has 23 heavy (non-hydrogen) atoms. The zero-order valence-electron chi connectivity index (χ0n) is 13.4. The van der Waals surface area contributed by atoms with Crippen molar-refractivity contribution >= 4 is 5.91 Å². The Kier molecular flexibility index (Phi) is 2.98. The number of fused-ring (bicyclic) bond motifs is 1. The van der Waals surface area contributed by atoms with Gasteiger partial charge in [-0.15, -0.1) is 0 Å². The molecule has 2 fully saturated rings. The van der Waals surface area contributed by atoms with E-state index >= 15 is 0 Å². The topological polar surface area (TPSA) is 60.1 Å². The number of carbonyl (C=O) groups excluding carboxylic acids is 1. The minimum Gasteiger partial charge on any atom is -0.327 e. The summed E-state index contributed by atoms with van der Waals surface area (Å²) in [6, 6.07) is 3.99. The maximum Gasteiger partial charge on any atom is 0.328 e. The molecule has 2 aromatic rings. The van der Waals surface area contributed by atoms with E-state index in [4.69, 9.17) is 0 Å². The summed E-state index contributed by atoms with van der Waals surface area (Å²) in [4.78, 5) is 31.3. The van der Waals surface area contributed by atoms with Gasteiger partial charge in [-0.05, 0) is 36.8 Å². The molecule has 1 aliphatic heterocycles. The number of hydrogen-bond donors (Lipinski definition) is 0. The monoisotopic (exact) mass is 312 g/mol. The van der Waals surface area contributed by atoms with Crippen molar-refractivity contribution in [3.63, 3.8) is 0 Å².